The van der Waals surface area contributed by atoms with Crippen LogP contribution in [0.1, 0.15) is 41.9 Å². The summed E-state index contributed by atoms with van der Waals surface area (Å²) in [5.41, 5.74) is 2.27. The molecule has 8 heteroatoms. The third-order valence-corrected chi connectivity index (χ3v) is 4.77. The van der Waals surface area contributed by atoms with E-state index >= 15 is 0 Å². The molecule has 0 aliphatic heterocycles. The molecule has 3 aromatic rings. The zero-order valence-electron chi connectivity index (χ0n) is 15.2. The van der Waals surface area contributed by atoms with Gasteiger partial charge in [0, 0.05) is 17.5 Å². The van der Waals surface area contributed by atoms with Crippen molar-refractivity contribution in [3.05, 3.63) is 52.7 Å². The van der Waals surface area contributed by atoms with Crippen LogP contribution >= 0.6 is 11.3 Å². The summed E-state index contributed by atoms with van der Waals surface area (Å²) < 4.78 is 28.2. The molecule has 3 rings (SSSR count). The number of nitrogens with zero attached hydrogens (tertiary/aromatic N) is 3. The van der Waals surface area contributed by atoms with Crippen LogP contribution < -0.4 is 5.32 Å². The summed E-state index contributed by atoms with van der Waals surface area (Å²) in [4.78, 5) is 16.9. The highest BCUT2D eigenvalue weighted by Crippen LogP contribution is 2.29. The van der Waals surface area contributed by atoms with Gasteiger partial charge in [0.05, 0.1) is 17.5 Å². The van der Waals surface area contributed by atoms with Crippen molar-refractivity contribution in [1.82, 2.24) is 14.8 Å². The van der Waals surface area contributed by atoms with Crippen molar-refractivity contribution in [1.29, 1.82) is 0 Å². The Balaban J connectivity index is 1.82. The van der Waals surface area contributed by atoms with Crippen LogP contribution in [0.4, 0.5) is 13.9 Å². The quantitative estimate of drug-likeness (QED) is 0.632. The summed E-state index contributed by atoms with van der Waals surface area (Å²) in [5.74, 6) is -0.500. The van der Waals surface area contributed by atoms with Crippen molar-refractivity contribution in [2.45, 2.75) is 33.7 Å². The predicted octanol–water partition coefficient (Wildman–Crippen LogP) is 5.16. The lowest BCUT2D eigenvalue weighted by molar-refractivity contribution is 0.100. The molecule has 1 N–H and O–H groups in total. The van der Waals surface area contributed by atoms with Crippen molar-refractivity contribution < 1.29 is 13.6 Å². The molecule has 2 aromatic heterocycles. The minimum Gasteiger partial charge on any atom is -0.298 e. The fourth-order valence-electron chi connectivity index (χ4n) is 2.77. The summed E-state index contributed by atoms with van der Waals surface area (Å²) in [5, 5.41) is 8.76. The Labute approximate surface area is 160 Å². The Morgan fingerprint density at radius 2 is 2.04 bits per heavy atom. The van der Waals surface area contributed by atoms with Gasteiger partial charge in [-0.3, -0.25) is 14.8 Å². The Morgan fingerprint density at radius 3 is 2.70 bits per heavy atom. The summed E-state index contributed by atoms with van der Waals surface area (Å²) in [7, 11) is 0. The van der Waals surface area contributed by atoms with Crippen LogP contribution in [0.25, 0.3) is 11.3 Å². The predicted molar refractivity (Wildman–Crippen MR) is 102 cm³/mol. The highest BCUT2D eigenvalue weighted by molar-refractivity contribution is 7.14. The van der Waals surface area contributed by atoms with Gasteiger partial charge in [0.25, 0.3) is 12.3 Å². The van der Waals surface area contributed by atoms with Gasteiger partial charge in [-0.25, -0.2) is 13.8 Å². The van der Waals surface area contributed by atoms with Gasteiger partial charge in [-0.2, -0.15) is 5.10 Å². The number of rotatable bonds is 6. The van der Waals surface area contributed by atoms with E-state index in [0.717, 1.165) is 16.8 Å². The molecule has 0 saturated carbocycles. The van der Waals surface area contributed by atoms with Gasteiger partial charge >= 0.3 is 0 Å². The maximum Gasteiger partial charge on any atom is 0.280 e. The monoisotopic (exact) mass is 390 g/mol. The molecule has 0 fully saturated rings. The van der Waals surface area contributed by atoms with Crippen LogP contribution in [-0.2, 0) is 6.54 Å². The number of aromatic nitrogens is 3. The molecule has 0 aliphatic carbocycles. The highest BCUT2D eigenvalue weighted by atomic mass is 32.1. The number of carbonyl (C=O) groups excluding carboxylic acids is 1. The van der Waals surface area contributed by atoms with Crippen molar-refractivity contribution in [2.75, 3.05) is 5.32 Å². The summed E-state index contributed by atoms with van der Waals surface area (Å²) in [6.45, 7) is 6.10. The van der Waals surface area contributed by atoms with Crippen molar-refractivity contribution >= 4 is 22.4 Å². The molecule has 0 spiro atoms. The minimum atomic E-state index is -2.79. The van der Waals surface area contributed by atoms with Gasteiger partial charge in [0.2, 0.25) is 0 Å². The van der Waals surface area contributed by atoms with Crippen LogP contribution in [0, 0.1) is 12.8 Å². The number of thiazole rings is 1. The van der Waals surface area contributed by atoms with Gasteiger partial charge in [-0.1, -0.05) is 38.1 Å². The van der Waals surface area contributed by atoms with Crippen molar-refractivity contribution in [3.8, 4) is 11.3 Å². The first-order chi connectivity index (χ1) is 12.9. The van der Waals surface area contributed by atoms with Crippen LogP contribution in [0.2, 0.25) is 0 Å². The van der Waals surface area contributed by atoms with E-state index in [1.165, 1.54) is 22.2 Å². The van der Waals surface area contributed by atoms with Crippen LogP contribution in [-0.4, -0.2) is 20.7 Å². The zero-order chi connectivity index (χ0) is 19.6. The third kappa shape index (κ3) is 4.21. The lowest BCUT2D eigenvalue weighted by Gasteiger charge is -2.10. The molecule has 5 nitrogen and oxygen atoms in total. The van der Waals surface area contributed by atoms with E-state index in [1.54, 1.807) is 0 Å². The van der Waals surface area contributed by atoms with Crippen LogP contribution in [0.15, 0.2) is 35.8 Å². The molecule has 1 amide bonds. The molecular formula is C19H20F2N4OS. The standard InChI is InChI=1S/C19H20F2N4OS/c1-11(2)9-25-16(17(20)21)14(8-22-25)18(26)24-19-23-15(10-27-19)13-7-5-4-6-12(13)3/h4-8,10-11,17H,9H2,1-3H3,(H,23,24,26). The maximum atomic E-state index is 13.5. The number of amides is 1. The Kier molecular flexibility index (Phi) is 5.65. The summed E-state index contributed by atoms with van der Waals surface area (Å²) in [6, 6.07) is 7.78. The summed E-state index contributed by atoms with van der Waals surface area (Å²) >= 11 is 1.25. The number of alkyl halides is 2. The number of hydrogen-bond donors (Lipinski definition) is 1. The number of aryl methyl sites for hydroxylation is 1. The van der Waals surface area contributed by atoms with E-state index in [0.29, 0.717) is 11.7 Å². The Hall–Kier alpha value is -2.61. The first-order valence-corrected chi connectivity index (χ1v) is 9.41. The van der Waals surface area contributed by atoms with Crippen LogP contribution in [0.3, 0.4) is 0 Å². The normalized spacial score (nSPS) is 11.4. The maximum absolute atomic E-state index is 13.5. The molecule has 0 aliphatic rings. The molecule has 0 bridgehead atoms. The molecule has 0 saturated heterocycles. The SMILES string of the molecule is Cc1ccccc1-c1csc(NC(=O)c2cnn(CC(C)C)c2C(F)F)n1. The molecule has 142 valence electrons. The average molecular weight is 390 g/mol. The number of halogens is 2. The van der Waals surface area contributed by atoms with Gasteiger partial charge in [-0.15, -0.1) is 11.3 Å². The van der Waals surface area contributed by atoms with Crippen LogP contribution in [0.5, 0.6) is 0 Å². The molecule has 2 heterocycles. The number of carbonyl (C=O) groups is 1. The fourth-order valence-corrected chi connectivity index (χ4v) is 3.48. The first kappa shape index (κ1) is 19.2. The topological polar surface area (TPSA) is 59.8 Å². The van der Waals surface area contributed by atoms with E-state index in [1.807, 2.05) is 50.4 Å². The van der Waals surface area contributed by atoms with E-state index < -0.39 is 12.3 Å². The number of nitrogens with one attached hydrogen (secondary N) is 1. The molecule has 27 heavy (non-hydrogen) atoms. The van der Waals surface area contributed by atoms with Gasteiger partial charge in [-0.05, 0) is 18.4 Å². The van der Waals surface area contributed by atoms with Crippen molar-refractivity contribution in [3.63, 3.8) is 0 Å². The Morgan fingerprint density at radius 1 is 1.30 bits per heavy atom. The van der Waals surface area contributed by atoms with E-state index in [2.05, 4.69) is 15.4 Å². The zero-order valence-corrected chi connectivity index (χ0v) is 16.1. The minimum absolute atomic E-state index is 0.127. The number of hydrogen-bond acceptors (Lipinski definition) is 4. The molecular weight excluding hydrogens is 370 g/mol. The second kappa shape index (κ2) is 7.96. The largest absolute Gasteiger partial charge is 0.298 e. The Bertz CT molecular complexity index is 949. The van der Waals surface area contributed by atoms with Gasteiger partial charge in [0.15, 0.2) is 5.13 Å². The molecule has 0 unspecified atom stereocenters. The van der Waals surface area contributed by atoms with Gasteiger partial charge in [0.1, 0.15) is 5.69 Å². The number of benzene rings is 1. The molecule has 0 atom stereocenters. The van der Waals surface area contributed by atoms with E-state index in [9.17, 15) is 13.6 Å². The lowest BCUT2D eigenvalue weighted by Crippen LogP contribution is -2.16. The third-order valence-electron chi connectivity index (χ3n) is 4.02. The molecule has 1 aromatic carbocycles. The smallest absolute Gasteiger partial charge is 0.280 e. The van der Waals surface area contributed by atoms with E-state index in [-0.39, 0.29) is 17.2 Å². The second-order valence-electron chi connectivity index (χ2n) is 6.63. The van der Waals surface area contributed by atoms with Gasteiger partial charge < -0.3 is 0 Å². The second-order valence-corrected chi connectivity index (χ2v) is 7.49. The fraction of sp³-hybridized carbons (Fsp3) is 0.316. The average Bonchev–Trinajstić information content (AvgIpc) is 3.21. The summed E-state index contributed by atoms with van der Waals surface area (Å²) in [6.07, 6.45) is -1.60. The van der Waals surface area contributed by atoms with E-state index in [4.69, 9.17) is 0 Å². The molecule has 0 radical (unpaired) electrons. The lowest BCUT2D eigenvalue weighted by atomic mass is 10.1. The first-order valence-electron chi connectivity index (χ1n) is 8.53. The van der Waals surface area contributed by atoms with Crippen molar-refractivity contribution in [2.24, 2.45) is 5.92 Å². The highest BCUT2D eigenvalue weighted by Gasteiger charge is 2.25. The number of anilines is 1.